The topological polar surface area (TPSA) is 113 Å². The van der Waals surface area contributed by atoms with Crippen molar-refractivity contribution >= 4 is 17.6 Å². The molecule has 0 aromatic carbocycles. The number of carbonyl (C=O) groups is 2. The summed E-state index contributed by atoms with van der Waals surface area (Å²) in [7, 11) is 0. The van der Waals surface area contributed by atoms with Crippen LogP contribution in [0, 0.1) is 5.92 Å². The number of ether oxygens (including phenoxy) is 1. The Morgan fingerprint density at radius 1 is 1.59 bits per heavy atom. The predicted octanol–water partition coefficient (Wildman–Crippen LogP) is -0.237. The van der Waals surface area contributed by atoms with E-state index in [0.717, 1.165) is 0 Å². The number of aromatic nitrogens is 2. The number of primary amides is 1. The molecule has 0 aliphatic rings. The molecule has 1 aromatic heterocycles. The summed E-state index contributed by atoms with van der Waals surface area (Å²) in [5, 5.41) is 3.96. The highest BCUT2D eigenvalue weighted by atomic mass is 16.5. The van der Waals surface area contributed by atoms with Gasteiger partial charge in [-0.25, -0.2) is 4.79 Å². The van der Waals surface area contributed by atoms with Crippen LogP contribution in [0.4, 0.5) is 5.69 Å². The molecule has 0 fully saturated rings. The average molecular weight is 240 g/mol. The maximum Gasteiger partial charge on any atom is 0.361 e. The third kappa shape index (κ3) is 3.20. The van der Waals surface area contributed by atoms with Crippen molar-refractivity contribution in [2.24, 2.45) is 11.7 Å². The van der Waals surface area contributed by atoms with Gasteiger partial charge in [-0.05, 0) is 6.92 Å². The summed E-state index contributed by atoms with van der Waals surface area (Å²) in [6, 6.07) is 0. The van der Waals surface area contributed by atoms with Crippen LogP contribution in [0.25, 0.3) is 0 Å². The molecule has 0 radical (unpaired) electrons. The molecule has 1 aromatic rings. The number of anilines is 1. The van der Waals surface area contributed by atoms with Crippen LogP contribution >= 0.6 is 0 Å². The van der Waals surface area contributed by atoms with E-state index in [1.54, 1.807) is 13.8 Å². The molecular weight excluding hydrogens is 224 g/mol. The zero-order valence-corrected chi connectivity index (χ0v) is 9.84. The summed E-state index contributed by atoms with van der Waals surface area (Å²) >= 11 is 0. The maximum absolute atomic E-state index is 11.4. The van der Waals surface area contributed by atoms with Crippen LogP contribution in [0.2, 0.25) is 0 Å². The molecule has 1 heterocycles. The van der Waals surface area contributed by atoms with E-state index in [9.17, 15) is 9.59 Å². The molecular formula is C10H16N4O3. The Hall–Kier alpha value is -2.05. The minimum atomic E-state index is -0.574. The number of esters is 1. The second-order valence-corrected chi connectivity index (χ2v) is 3.68. The van der Waals surface area contributed by atoms with Crippen LogP contribution in [-0.2, 0) is 16.1 Å². The number of hydrogen-bond donors (Lipinski definition) is 2. The molecule has 7 nitrogen and oxygen atoms in total. The highest BCUT2D eigenvalue weighted by molar-refractivity contribution is 5.92. The largest absolute Gasteiger partial charge is 0.461 e. The Kier molecular flexibility index (Phi) is 4.08. The fourth-order valence-corrected chi connectivity index (χ4v) is 1.26. The molecule has 0 saturated heterocycles. The summed E-state index contributed by atoms with van der Waals surface area (Å²) in [4.78, 5) is 22.3. The van der Waals surface area contributed by atoms with E-state index in [1.807, 2.05) is 0 Å². The van der Waals surface area contributed by atoms with Crippen molar-refractivity contribution in [3.8, 4) is 0 Å². The van der Waals surface area contributed by atoms with E-state index >= 15 is 0 Å². The lowest BCUT2D eigenvalue weighted by Crippen LogP contribution is -2.25. The summed E-state index contributed by atoms with van der Waals surface area (Å²) in [5.74, 6) is -1.39. The van der Waals surface area contributed by atoms with Gasteiger partial charge in [0.15, 0.2) is 5.69 Å². The monoisotopic (exact) mass is 240 g/mol. The van der Waals surface area contributed by atoms with Crippen molar-refractivity contribution in [2.45, 2.75) is 20.4 Å². The van der Waals surface area contributed by atoms with Gasteiger partial charge in [0.2, 0.25) is 5.91 Å². The Morgan fingerprint density at radius 3 is 2.76 bits per heavy atom. The van der Waals surface area contributed by atoms with E-state index in [2.05, 4.69) is 5.10 Å². The van der Waals surface area contributed by atoms with Crippen molar-refractivity contribution in [3.05, 3.63) is 11.9 Å². The van der Waals surface area contributed by atoms with Gasteiger partial charge in [-0.3, -0.25) is 9.48 Å². The number of rotatable bonds is 5. The highest BCUT2D eigenvalue weighted by Crippen LogP contribution is 2.12. The molecule has 0 spiro atoms. The molecule has 1 amide bonds. The van der Waals surface area contributed by atoms with E-state index in [1.165, 1.54) is 10.9 Å². The quantitative estimate of drug-likeness (QED) is 0.690. The summed E-state index contributed by atoms with van der Waals surface area (Å²) in [5.41, 5.74) is 11.0. The molecule has 0 bridgehead atoms. The number of hydrogen-bond acceptors (Lipinski definition) is 5. The van der Waals surface area contributed by atoms with Crippen molar-refractivity contribution in [3.63, 3.8) is 0 Å². The number of nitrogens with two attached hydrogens (primary N) is 2. The molecule has 4 N–H and O–H groups in total. The Bertz CT molecular complexity index is 427. The predicted molar refractivity (Wildman–Crippen MR) is 61.0 cm³/mol. The van der Waals surface area contributed by atoms with Gasteiger partial charge in [0.25, 0.3) is 0 Å². The lowest BCUT2D eigenvalue weighted by atomic mass is 10.2. The molecule has 17 heavy (non-hydrogen) atoms. The van der Waals surface area contributed by atoms with Crippen molar-refractivity contribution in [2.75, 3.05) is 12.3 Å². The van der Waals surface area contributed by atoms with Gasteiger partial charge < -0.3 is 16.2 Å². The standard InChI is InChI=1S/C10H16N4O3/c1-3-17-10(16)8-7(11)5-14(13-8)4-6(2)9(12)15/h5-6H,3-4,11H2,1-2H3,(H2,12,15). The Balaban J connectivity index is 2.81. The fourth-order valence-electron chi connectivity index (χ4n) is 1.26. The molecule has 0 aliphatic carbocycles. The minimum absolute atomic E-state index is 0.0588. The van der Waals surface area contributed by atoms with Crippen molar-refractivity contribution in [1.29, 1.82) is 0 Å². The van der Waals surface area contributed by atoms with Crippen LogP contribution in [-0.4, -0.2) is 28.3 Å². The first-order valence-electron chi connectivity index (χ1n) is 5.25. The summed E-state index contributed by atoms with van der Waals surface area (Å²) in [6.07, 6.45) is 1.48. The Labute approximate surface area is 98.7 Å². The first-order valence-corrected chi connectivity index (χ1v) is 5.25. The number of carbonyl (C=O) groups excluding carboxylic acids is 2. The zero-order chi connectivity index (χ0) is 13.0. The fraction of sp³-hybridized carbons (Fsp3) is 0.500. The molecule has 0 aliphatic heterocycles. The van der Waals surface area contributed by atoms with E-state index in [-0.39, 0.29) is 30.5 Å². The number of amides is 1. The number of nitrogens with zero attached hydrogens (tertiary/aromatic N) is 2. The van der Waals surface area contributed by atoms with Crippen LogP contribution in [0.1, 0.15) is 24.3 Å². The van der Waals surface area contributed by atoms with Gasteiger partial charge in [0, 0.05) is 6.20 Å². The van der Waals surface area contributed by atoms with Crippen LogP contribution in [0.15, 0.2) is 6.20 Å². The van der Waals surface area contributed by atoms with Gasteiger partial charge in [-0.2, -0.15) is 5.10 Å². The second-order valence-electron chi connectivity index (χ2n) is 3.68. The Morgan fingerprint density at radius 2 is 2.24 bits per heavy atom. The lowest BCUT2D eigenvalue weighted by Gasteiger charge is -2.06. The van der Waals surface area contributed by atoms with Crippen molar-refractivity contribution < 1.29 is 14.3 Å². The molecule has 7 heteroatoms. The maximum atomic E-state index is 11.4. The van der Waals surface area contributed by atoms with Crippen LogP contribution in [0.3, 0.4) is 0 Å². The van der Waals surface area contributed by atoms with Crippen LogP contribution < -0.4 is 11.5 Å². The summed E-state index contributed by atoms with van der Waals surface area (Å²) in [6.45, 7) is 3.90. The molecule has 1 rings (SSSR count). The third-order valence-electron chi connectivity index (χ3n) is 2.21. The highest BCUT2D eigenvalue weighted by Gasteiger charge is 2.17. The van der Waals surface area contributed by atoms with E-state index in [4.69, 9.17) is 16.2 Å². The summed E-state index contributed by atoms with van der Waals surface area (Å²) < 4.78 is 6.20. The number of nitrogen functional groups attached to an aromatic ring is 1. The SMILES string of the molecule is CCOC(=O)c1nn(CC(C)C(N)=O)cc1N. The zero-order valence-electron chi connectivity index (χ0n) is 9.84. The first-order chi connectivity index (χ1) is 7.95. The third-order valence-corrected chi connectivity index (χ3v) is 2.21. The van der Waals surface area contributed by atoms with Gasteiger partial charge in [-0.15, -0.1) is 0 Å². The molecule has 94 valence electrons. The molecule has 1 unspecified atom stereocenters. The van der Waals surface area contributed by atoms with Gasteiger partial charge in [0.05, 0.1) is 24.8 Å². The lowest BCUT2D eigenvalue weighted by molar-refractivity contribution is -0.121. The minimum Gasteiger partial charge on any atom is -0.461 e. The normalized spacial score (nSPS) is 12.1. The van der Waals surface area contributed by atoms with Crippen molar-refractivity contribution in [1.82, 2.24) is 9.78 Å². The van der Waals surface area contributed by atoms with Crippen LogP contribution in [0.5, 0.6) is 0 Å². The van der Waals surface area contributed by atoms with E-state index < -0.39 is 11.9 Å². The van der Waals surface area contributed by atoms with Gasteiger partial charge in [-0.1, -0.05) is 6.92 Å². The average Bonchev–Trinajstić information content (AvgIpc) is 2.59. The van der Waals surface area contributed by atoms with Gasteiger partial charge in [0.1, 0.15) is 0 Å². The van der Waals surface area contributed by atoms with Gasteiger partial charge >= 0.3 is 5.97 Å². The second kappa shape index (κ2) is 5.33. The molecule has 1 atom stereocenters. The first kappa shape index (κ1) is 13.0. The molecule has 0 saturated carbocycles. The van der Waals surface area contributed by atoms with E-state index in [0.29, 0.717) is 0 Å². The smallest absolute Gasteiger partial charge is 0.361 e.